The second kappa shape index (κ2) is 11.0. The molecule has 0 saturated heterocycles. The van der Waals surface area contributed by atoms with Crippen molar-refractivity contribution in [3.63, 3.8) is 0 Å². The van der Waals surface area contributed by atoms with Crippen LogP contribution >= 0.6 is 0 Å². The van der Waals surface area contributed by atoms with E-state index in [-0.39, 0.29) is 47.2 Å². The molecule has 0 amide bonds. The molecule has 0 aliphatic carbocycles. The zero-order valence-corrected chi connectivity index (χ0v) is 7.60. The van der Waals surface area contributed by atoms with Gasteiger partial charge in [0, 0.05) is 6.61 Å². The van der Waals surface area contributed by atoms with Crippen molar-refractivity contribution in [2.45, 2.75) is 13.3 Å². The Kier molecular flexibility index (Phi) is 16.4. The molecule has 0 bridgehead atoms. The van der Waals surface area contributed by atoms with E-state index in [2.05, 4.69) is 0 Å². The van der Waals surface area contributed by atoms with Gasteiger partial charge in [0.15, 0.2) is 0 Å². The fraction of sp³-hybridized carbons (Fsp3) is 1.00. The average Bonchev–Trinajstić information content (AvgIpc) is 1.69. The molecule has 0 atom stereocenters. The summed E-state index contributed by atoms with van der Waals surface area (Å²) >= 11 is 0. The molecule has 0 rings (SSSR count). The summed E-state index contributed by atoms with van der Waals surface area (Å²) in [6.45, 7) is 3.42. The number of hydrogen-bond donors (Lipinski definition) is 1. The predicted octanol–water partition coefficient (Wildman–Crippen LogP) is 0.250. The van der Waals surface area contributed by atoms with Crippen molar-refractivity contribution in [2.24, 2.45) is 0 Å². The van der Waals surface area contributed by atoms with Crippen LogP contribution < -0.4 is 0 Å². The first-order valence-corrected chi connectivity index (χ1v) is 2.60. The van der Waals surface area contributed by atoms with Gasteiger partial charge in [0.2, 0.25) is 0 Å². The zero-order valence-electron chi connectivity index (χ0n) is 7.39. The third-order valence-corrected chi connectivity index (χ3v) is 0.584. The van der Waals surface area contributed by atoms with Crippen molar-refractivity contribution in [3.8, 4) is 0 Å². The Labute approximate surface area is 83.2 Å². The maximum absolute atomic E-state index is 8.17. The van der Waals surface area contributed by atoms with Crippen LogP contribution in [0.25, 0.3) is 0 Å². The fourth-order valence-corrected chi connectivity index (χ4v) is 0.311. The molecular weight excluding hydrogens is 132 g/mol. The van der Waals surface area contributed by atoms with E-state index in [0.29, 0.717) is 6.61 Å². The number of hydrogen-bond acceptors (Lipinski definition) is 2. The molecule has 1 N–H and O–H groups in total. The Morgan fingerprint density at radius 2 is 2.12 bits per heavy atom. The molecule has 48 valence electrons. The summed E-state index contributed by atoms with van der Waals surface area (Å²) < 4.78 is 4.88. The molecule has 0 aliphatic heterocycles. The van der Waals surface area contributed by atoms with E-state index in [4.69, 9.17) is 9.84 Å². The van der Waals surface area contributed by atoms with Gasteiger partial charge >= 0.3 is 37.7 Å². The van der Waals surface area contributed by atoms with Crippen LogP contribution in [0.3, 0.4) is 0 Å². The predicted molar refractivity (Wildman–Crippen MR) is 36.2 cm³/mol. The van der Waals surface area contributed by atoms with Gasteiger partial charge in [-0.05, 0) is 6.42 Å². The zero-order chi connectivity index (χ0) is 5.54. The Morgan fingerprint density at radius 3 is 2.50 bits per heavy atom. The third kappa shape index (κ3) is 10.2. The Balaban J connectivity index is -0.0000000600. The van der Waals surface area contributed by atoms with Gasteiger partial charge in [-0.1, -0.05) is 6.92 Å². The molecule has 0 heterocycles. The van der Waals surface area contributed by atoms with Gasteiger partial charge in [0.25, 0.3) is 0 Å². The summed E-state index contributed by atoms with van der Waals surface area (Å²) in [4.78, 5) is 0. The molecule has 2 nitrogen and oxygen atoms in total. The van der Waals surface area contributed by atoms with E-state index in [9.17, 15) is 0 Å². The second-order valence-electron chi connectivity index (χ2n) is 1.34. The van der Waals surface area contributed by atoms with Crippen LogP contribution in [0.4, 0.5) is 0 Å². The van der Waals surface area contributed by atoms with Gasteiger partial charge in [-0.3, -0.25) is 0 Å². The standard InChI is InChI=1S/C5H12O2.Ca.2H/c1-2-4-7-5-3-6;;;/h6H,2-5H2,1H3;;;/q;+2;2*-1. The molecule has 0 aromatic heterocycles. The van der Waals surface area contributed by atoms with Gasteiger partial charge in [-0.15, -0.1) is 0 Å². The topological polar surface area (TPSA) is 29.5 Å². The van der Waals surface area contributed by atoms with E-state index >= 15 is 0 Å². The van der Waals surface area contributed by atoms with E-state index in [1.54, 1.807) is 0 Å². The molecule has 0 fully saturated rings. The number of ether oxygens (including phenoxy) is 1. The molecule has 0 aromatic carbocycles. The van der Waals surface area contributed by atoms with Crippen molar-refractivity contribution in [3.05, 3.63) is 0 Å². The monoisotopic (exact) mass is 146 g/mol. The first-order valence-electron chi connectivity index (χ1n) is 2.60. The van der Waals surface area contributed by atoms with Gasteiger partial charge in [-0.2, -0.15) is 0 Å². The summed E-state index contributed by atoms with van der Waals surface area (Å²) in [5.74, 6) is 0. The summed E-state index contributed by atoms with van der Waals surface area (Å²) in [6.07, 6.45) is 1.03. The van der Waals surface area contributed by atoms with Gasteiger partial charge in [-0.25, -0.2) is 0 Å². The largest absolute Gasteiger partial charge is 2.00 e. The molecule has 3 heteroatoms. The van der Waals surface area contributed by atoms with E-state index in [1.165, 1.54) is 0 Å². The van der Waals surface area contributed by atoms with E-state index in [1.807, 2.05) is 6.92 Å². The van der Waals surface area contributed by atoms with Crippen LogP contribution in [0.2, 0.25) is 0 Å². The second-order valence-corrected chi connectivity index (χ2v) is 1.34. The van der Waals surface area contributed by atoms with Crippen LogP contribution in [-0.2, 0) is 4.74 Å². The molecular formula is C5H14CaO2. The average molecular weight is 146 g/mol. The van der Waals surface area contributed by atoms with Crippen LogP contribution in [0.5, 0.6) is 0 Å². The minimum Gasteiger partial charge on any atom is -1.00 e. The maximum Gasteiger partial charge on any atom is 2.00 e. The third-order valence-electron chi connectivity index (χ3n) is 0.584. The normalized spacial score (nSPS) is 8.25. The molecule has 0 aromatic rings. The molecule has 8 heavy (non-hydrogen) atoms. The van der Waals surface area contributed by atoms with Crippen molar-refractivity contribution in [2.75, 3.05) is 19.8 Å². The quantitative estimate of drug-likeness (QED) is 0.455. The Hall–Kier alpha value is 1.18. The van der Waals surface area contributed by atoms with Crippen LogP contribution in [0.1, 0.15) is 16.2 Å². The molecule has 0 radical (unpaired) electrons. The van der Waals surface area contributed by atoms with Crippen LogP contribution in [-0.4, -0.2) is 62.7 Å². The Morgan fingerprint density at radius 1 is 1.50 bits per heavy atom. The summed E-state index contributed by atoms with van der Waals surface area (Å²) in [7, 11) is 0. The van der Waals surface area contributed by atoms with Crippen LogP contribution in [0.15, 0.2) is 0 Å². The SMILES string of the molecule is CCCOCCO.[Ca+2].[H-].[H-]. The van der Waals surface area contributed by atoms with Crippen molar-refractivity contribution >= 4 is 37.7 Å². The smallest absolute Gasteiger partial charge is 1.00 e. The molecule has 0 saturated carbocycles. The molecule has 0 spiro atoms. The number of aliphatic hydroxyl groups excluding tert-OH is 1. The Bertz CT molecular complexity index is 36.8. The van der Waals surface area contributed by atoms with Gasteiger partial charge in [0.1, 0.15) is 0 Å². The van der Waals surface area contributed by atoms with E-state index < -0.39 is 0 Å². The van der Waals surface area contributed by atoms with Crippen molar-refractivity contribution in [1.29, 1.82) is 0 Å². The number of rotatable bonds is 4. The summed E-state index contributed by atoms with van der Waals surface area (Å²) in [5, 5.41) is 8.17. The van der Waals surface area contributed by atoms with E-state index in [0.717, 1.165) is 13.0 Å². The summed E-state index contributed by atoms with van der Waals surface area (Å²) in [5.41, 5.74) is 0. The van der Waals surface area contributed by atoms with Crippen molar-refractivity contribution < 1.29 is 12.7 Å². The number of aliphatic hydroxyl groups is 1. The maximum atomic E-state index is 8.17. The molecule has 0 aliphatic rings. The fourth-order valence-electron chi connectivity index (χ4n) is 0.311. The first-order chi connectivity index (χ1) is 3.41. The van der Waals surface area contributed by atoms with Gasteiger partial charge in [0.05, 0.1) is 13.2 Å². The van der Waals surface area contributed by atoms with Crippen LogP contribution in [0, 0.1) is 0 Å². The summed E-state index contributed by atoms with van der Waals surface area (Å²) in [6, 6.07) is 0. The first kappa shape index (κ1) is 11.9. The van der Waals surface area contributed by atoms with Gasteiger partial charge < -0.3 is 12.7 Å². The van der Waals surface area contributed by atoms with Crippen molar-refractivity contribution in [1.82, 2.24) is 0 Å². The molecule has 0 unspecified atom stereocenters. The minimum absolute atomic E-state index is 0. The minimum atomic E-state index is 0.